The molecule has 0 atom stereocenters. The lowest BCUT2D eigenvalue weighted by Crippen LogP contribution is -2.34. The van der Waals surface area contributed by atoms with Crippen LogP contribution in [0, 0.1) is 0 Å². The normalized spacial score (nSPS) is 10.2. The van der Waals surface area contributed by atoms with Crippen LogP contribution in [0.25, 0.3) is 0 Å². The standard InChI is InChI=1S/C13H19N3O3.HI/c1-14-13(15-2)16-8-10-5-4-6-11(7-10)19-9-12(17)18-3;/h4-7H,8-9H2,1-3H3,(H2,14,15,16);1H. The molecule has 0 spiro atoms. The van der Waals surface area contributed by atoms with Gasteiger partial charge in [0.1, 0.15) is 5.75 Å². The number of nitrogens with one attached hydrogen (secondary N) is 2. The molecule has 1 aromatic rings. The number of rotatable bonds is 5. The molecule has 0 bridgehead atoms. The topological polar surface area (TPSA) is 72.0 Å². The average Bonchev–Trinajstić information content (AvgIpc) is 2.46. The van der Waals surface area contributed by atoms with Crippen LogP contribution in [0.5, 0.6) is 5.75 Å². The molecule has 0 fully saturated rings. The van der Waals surface area contributed by atoms with Crippen molar-refractivity contribution in [3.63, 3.8) is 0 Å². The summed E-state index contributed by atoms with van der Waals surface area (Å²) in [6, 6.07) is 7.48. The number of hydrogen-bond acceptors (Lipinski definition) is 4. The first-order valence-corrected chi connectivity index (χ1v) is 5.86. The number of benzene rings is 1. The lowest BCUT2D eigenvalue weighted by atomic mass is 10.2. The number of methoxy groups -OCH3 is 1. The monoisotopic (exact) mass is 393 g/mol. The Kier molecular flexibility index (Phi) is 9.52. The van der Waals surface area contributed by atoms with Gasteiger partial charge in [-0.25, -0.2) is 4.79 Å². The van der Waals surface area contributed by atoms with Crippen molar-refractivity contribution in [2.45, 2.75) is 6.54 Å². The molecule has 1 rings (SSSR count). The lowest BCUT2D eigenvalue weighted by molar-refractivity contribution is -0.142. The summed E-state index contributed by atoms with van der Waals surface area (Å²) in [6.07, 6.45) is 0. The fourth-order valence-electron chi connectivity index (χ4n) is 1.41. The van der Waals surface area contributed by atoms with Gasteiger partial charge in [0.2, 0.25) is 0 Å². The van der Waals surface area contributed by atoms with Gasteiger partial charge >= 0.3 is 5.97 Å². The molecule has 0 amide bonds. The van der Waals surface area contributed by atoms with Crippen LogP contribution in [0.4, 0.5) is 0 Å². The maximum absolute atomic E-state index is 11.0. The fourth-order valence-corrected chi connectivity index (χ4v) is 1.41. The van der Waals surface area contributed by atoms with Gasteiger partial charge in [-0.3, -0.25) is 4.99 Å². The highest BCUT2D eigenvalue weighted by molar-refractivity contribution is 14.0. The van der Waals surface area contributed by atoms with Crippen LogP contribution in [0.1, 0.15) is 5.56 Å². The summed E-state index contributed by atoms with van der Waals surface area (Å²) in [6.45, 7) is 0.522. The van der Waals surface area contributed by atoms with E-state index in [4.69, 9.17) is 4.74 Å². The first kappa shape index (κ1) is 18.5. The second-order valence-electron chi connectivity index (χ2n) is 3.69. The summed E-state index contributed by atoms with van der Waals surface area (Å²) in [4.78, 5) is 15.0. The van der Waals surface area contributed by atoms with Crippen LogP contribution in [0.15, 0.2) is 29.3 Å². The van der Waals surface area contributed by atoms with Crippen LogP contribution < -0.4 is 15.4 Å². The van der Waals surface area contributed by atoms with Gasteiger partial charge in [-0.2, -0.15) is 0 Å². The van der Waals surface area contributed by atoms with E-state index in [1.165, 1.54) is 7.11 Å². The molecule has 7 heteroatoms. The zero-order valence-electron chi connectivity index (χ0n) is 11.8. The zero-order valence-corrected chi connectivity index (χ0v) is 14.1. The van der Waals surface area contributed by atoms with Gasteiger partial charge in [0.05, 0.1) is 7.11 Å². The van der Waals surface area contributed by atoms with Gasteiger partial charge < -0.3 is 20.1 Å². The number of carbonyl (C=O) groups is 1. The van der Waals surface area contributed by atoms with Gasteiger partial charge in [-0.05, 0) is 17.7 Å². The Morgan fingerprint density at radius 3 is 2.75 bits per heavy atom. The SMILES string of the molecule is CN=C(NC)NCc1cccc(OCC(=O)OC)c1.I. The van der Waals surface area contributed by atoms with Gasteiger partial charge in [-0.15, -0.1) is 24.0 Å². The predicted octanol–water partition coefficient (Wildman–Crippen LogP) is 1.15. The first-order chi connectivity index (χ1) is 9.19. The molecule has 0 unspecified atom stereocenters. The number of halogens is 1. The molecule has 2 N–H and O–H groups in total. The second-order valence-corrected chi connectivity index (χ2v) is 3.69. The second kappa shape index (κ2) is 10.3. The first-order valence-electron chi connectivity index (χ1n) is 5.86. The van der Waals surface area contributed by atoms with Gasteiger partial charge in [0.25, 0.3) is 0 Å². The lowest BCUT2D eigenvalue weighted by Gasteiger charge is -2.10. The quantitative estimate of drug-likeness (QED) is 0.340. The number of aliphatic imine (C=N–C) groups is 1. The summed E-state index contributed by atoms with van der Waals surface area (Å²) in [5.74, 6) is 0.934. The largest absolute Gasteiger partial charge is 0.482 e. The Morgan fingerprint density at radius 1 is 1.40 bits per heavy atom. The number of guanidine groups is 1. The van der Waals surface area contributed by atoms with Crippen LogP contribution >= 0.6 is 24.0 Å². The minimum absolute atomic E-state index is 0. The summed E-state index contributed by atoms with van der Waals surface area (Å²) in [7, 11) is 4.83. The number of esters is 1. The highest BCUT2D eigenvalue weighted by atomic mass is 127. The summed E-state index contributed by atoms with van der Waals surface area (Å²) in [5.41, 5.74) is 1.03. The van der Waals surface area contributed by atoms with Crippen molar-refractivity contribution >= 4 is 35.9 Å². The van der Waals surface area contributed by atoms with Gasteiger partial charge in [0, 0.05) is 20.6 Å². The maximum atomic E-state index is 11.0. The van der Waals surface area contributed by atoms with E-state index >= 15 is 0 Å². The molecule has 0 saturated carbocycles. The third-order valence-electron chi connectivity index (χ3n) is 2.40. The van der Waals surface area contributed by atoms with Gasteiger partial charge in [-0.1, -0.05) is 12.1 Å². The third kappa shape index (κ3) is 6.60. The predicted molar refractivity (Wildman–Crippen MR) is 88.6 cm³/mol. The Balaban J connectivity index is 0.00000361. The molecule has 0 aromatic heterocycles. The molecule has 0 saturated heterocycles. The number of hydrogen-bond donors (Lipinski definition) is 2. The van der Waals surface area contributed by atoms with Crippen molar-refractivity contribution in [2.75, 3.05) is 27.8 Å². The van der Waals surface area contributed by atoms with Gasteiger partial charge in [0.15, 0.2) is 12.6 Å². The van der Waals surface area contributed by atoms with Crippen molar-refractivity contribution < 1.29 is 14.3 Å². The van der Waals surface area contributed by atoms with Crippen molar-refractivity contribution in [3.8, 4) is 5.75 Å². The molecule has 0 radical (unpaired) electrons. The van der Waals surface area contributed by atoms with E-state index in [1.54, 1.807) is 20.2 Å². The van der Waals surface area contributed by atoms with Crippen LogP contribution in [0.3, 0.4) is 0 Å². The molecule has 0 aliphatic rings. The van der Waals surface area contributed by atoms with Crippen molar-refractivity contribution in [1.29, 1.82) is 0 Å². The highest BCUT2D eigenvalue weighted by Gasteiger charge is 2.03. The zero-order chi connectivity index (χ0) is 14.1. The molecule has 112 valence electrons. The van der Waals surface area contributed by atoms with E-state index in [1.807, 2.05) is 18.2 Å². The molecule has 0 aliphatic carbocycles. The van der Waals surface area contributed by atoms with Crippen LogP contribution in [0.2, 0.25) is 0 Å². The maximum Gasteiger partial charge on any atom is 0.343 e. The molecule has 20 heavy (non-hydrogen) atoms. The molecule has 0 heterocycles. The molecular weight excluding hydrogens is 373 g/mol. The van der Waals surface area contributed by atoms with E-state index in [0.717, 1.165) is 5.56 Å². The van der Waals surface area contributed by atoms with Crippen LogP contribution in [-0.4, -0.2) is 39.7 Å². The van der Waals surface area contributed by atoms with Crippen LogP contribution in [-0.2, 0) is 16.1 Å². The summed E-state index contributed by atoms with van der Waals surface area (Å²) >= 11 is 0. The van der Waals surface area contributed by atoms with E-state index in [0.29, 0.717) is 18.3 Å². The Hall–Kier alpha value is -1.51. The third-order valence-corrected chi connectivity index (χ3v) is 2.40. The van der Waals surface area contributed by atoms with Crippen molar-refractivity contribution in [3.05, 3.63) is 29.8 Å². The average molecular weight is 393 g/mol. The van der Waals surface area contributed by atoms with E-state index in [9.17, 15) is 4.79 Å². The molecular formula is C13H20IN3O3. The van der Waals surface area contributed by atoms with Crippen molar-refractivity contribution in [2.24, 2.45) is 4.99 Å². The summed E-state index contributed by atoms with van der Waals surface area (Å²) < 4.78 is 9.82. The van der Waals surface area contributed by atoms with E-state index in [-0.39, 0.29) is 30.6 Å². The number of nitrogens with zero attached hydrogens (tertiary/aromatic N) is 1. The Labute approximate surface area is 136 Å². The minimum atomic E-state index is -0.404. The Bertz CT molecular complexity index is 452. The fraction of sp³-hybridized carbons (Fsp3) is 0.385. The molecule has 0 aliphatic heterocycles. The van der Waals surface area contributed by atoms with E-state index in [2.05, 4.69) is 20.4 Å². The number of carbonyl (C=O) groups excluding carboxylic acids is 1. The minimum Gasteiger partial charge on any atom is -0.482 e. The summed E-state index contributed by atoms with van der Waals surface area (Å²) in [5, 5.41) is 6.06. The molecule has 1 aromatic carbocycles. The Morgan fingerprint density at radius 2 is 2.15 bits per heavy atom. The molecule has 6 nitrogen and oxygen atoms in total. The van der Waals surface area contributed by atoms with Crippen molar-refractivity contribution in [1.82, 2.24) is 10.6 Å². The highest BCUT2D eigenvalue weighted by Crippen LogP contribution is 2.13. The van der Waals surface area contributed by atoms with E-state index < -0.39 is 5.97 Å². The smallest absolute Gasteiger partial charge is 0.343 e. The number of ether oxygens (including phenoxy) is 2.